The van der Waals surface area contributed by atoms with Crippen LogP contribution in [-0.2, 0) is 18.2 Å². The Morgan fingerprint density at radius 1 is 1.00 bits per heavy atom. The third kappa shape index (κ3) is 4.70. The van der Waals surface area contributed by atoms with Gasteiger partial charge in [-0.15, -0.1) is 0 Å². The number of hydrogen-bond acceptors (Lipinski definition) is 5. The van der Waals surface area contributed by atoms with Gasteiger partial charge in [-0.2, -0.15) is 0 Å². The van der Waals surface area contributed by atoms with Crippen molar-refractivity contribution in [2.75, 3.05) is 13.2 Å². The predicted molar refractivity (Wildman–Crippen MR) is 96.5 cm³/mol. The number of rotatable bonds is 8. The molecule has 0 bridgehead atoms. The van der Waals surface area contributed by atoms with Gasteiger partial charge in [0, 0.05) is 4.90 Å². The molecule has 0 saturated carbocycles. The van der Waals surface area contributed by atoms with E-state index in [1.807, 2.05) is 30.3 Å². The van der Waals surface area contributed by atoms with Gasteiger partial charge in [0.1, 0.15) is 0 Å². The van der Waals surface area contributed by atoms with Crippen molar-refractivity contribution in [2.45, 2.75) is 23.5 Å². The summed E-state index contributed by atoms with van der Waals surface area (Å²) in [6, 6.07) is 13.0. The van der Waals surface area contributed by atoms with Gasteiger partial charge in [0.2, 0.25) is 4.73 Å². The molecule has 0 saturated heterocycles. The topological polar surface area (TPSA) is 93.1 Å². The van der Waals surface area contributed by atoms with Crippen LogP contribution in [0.1, 0.15) is 13.8 Å². The van der Waals surface area contributed by atoms with Crippen molar-refractivity contribution in [2.24, 2.45) is 0 Å². The van der Waals surface area contributed by atoms with Crippen LogP contribution in [0.3, 0.4) is 0 Å². The van der Waals surface area contributed by atoms with Crippen LogP contribution in [0.15, 0.2) is 47.4 Å². The molecule has 132 valence electrons. The SMILES string of the molecule is CCOP(=O)(OCC)C(Sc1ccc2ccccc2c1)P(=O)(O)O. The van der Waals surface area contributed by atoms with Crippen LogP contribution < -0.4 is 0 Å². The van der Waals surface area contributed by atoms with E-state index in [2.05, 4.69) is 0 Å². The van der Waals surface area contributed by atoms with Gasteiger partial charge in [-0.25, -0.2) is 0 Å². The van der Waals surface area contributed by atoms with Crippen molar-refractivity contribution in [1.82, 2.24) is 0 Å². The summed E-state index contributed by atoms with van der Waals surface area (Å²) < 4.78 is 33.5. The number of hydrogen-bond donors (Lipinski definition) is 2. The third-order valence-corrected chi connectivity index (χ3v) is 10.2. The van der Waals surface area contributed by atoms with E-state index in [4.69, 9.17) is 9.05 Å². The summed E-state index contributed by atoms with van der Waals surface area (Å²) in [5.41, 5.74) is 0. The van der Waals surface area contributed by atoms with Gasteiger partial charge in [-0.3, -0.25) is 9.13 Å². The van der Waals surface area contributed by atoms with Crippen LogP contribution in [-0.4, -0.2) is 27.7 Å². The Balaban J connectivity index is 2.40. The summed E-state index contributed by atoms with van der Waals surface area (Å²) in [7, 11) is -8.71. The Kier molecular flexibility index (Phi) is 6.68. The predicted octanol–water partition coefficient (Wildman–Crippen LogP) is 4.66. The average Bonchev–Trinajstić information content (AvgIpc) is 2.51. The Labute approximate surface area is 145 Å². The summed E-state index contributed by atoms with van der Waals surface area (Å²) >= 11 is 0.821. The molecule has 6 nitrogen and oxygen atoms in total. The molecule has 2 aromatic carbocycles. The van der Waals surface area contributed by atoms with Crippen LogP contribution >= 0.6 is 27.0 Å². The van der Waals surface area contributed by atoms with Gasteiger partial charge in [-0.1, -0.05) is 42.1 Å². The van der Waals surface area contributed by atoms with Gasteiger partial charge in [0.15, 0.2) is 0 Å². The lowest BCUT2D eigenvalue weighted by Gasteiger charge is -2.26. The molecular weight excluding hydrogens is 370 g/mol. The molecule has 0 aliphatic carbocycles. The zero-order chi connectivity index (χ0) is 17.8. The highest BCUT2D eigenvalue weighted by atomic mass is 32.2. The molecule has 0 spiro atoms. The van der Waals surface area contributed by atoms with Crippen LogP contribution in [0.4, 0.5) is 0 Å². The van der Waals surface area contributed by atoms with Crippen LogP contribution in [0, 0.1) is 0 Å². The third-order valence-electron chi connectivity index (χ3n) is 3.14. The van der Waals surface area contributed by atoms with E-state index in [1.54, 1.807) is 26.0 Å². The zero-order valence-corrected chi connectivity index (χ0v) is 16.0. The van der Waals surface area contributed by atoms with Gasteiger partial charge < -0.3 is 18.8 Å². The maximum absolute atomic E-state index is 12.9. The second-order valence-electron chi connectivity index (χ2n) is 4.92. The van der Waals surface area contributed by atoms with E-state index in [0.29, 0.717) is 4.90 Å². The molecule has 0 amide bonds. The first-order valence-electron chi connectivity index (χ1n) is 7.39. The molecule has 1 unspecified atom stereocenters. The summed E-state index contributed by atoms with van der Waals surface area (Å²) in [4.78, 5) is 20.0. The maximum Gasteiger partial charge on any atom is 0.356 e. The summed E-state index contributed by atoms with van der Waals surface area (Å²) in [6.45, 7) is 3.27. The van der Waals surface area contributed by atoms with E-state index in [9.17, 15) is 18.9 Å². The normalized spacial score (nSPS) is 14.0. The highest BCUT2D eigenvalue weighted by Crippen LogP contribution is 2.70. The van der Waals surface area contributed by atoms with Crippen LogP contribution in [0.2, 0.25) is 0 Å². The zero-order valence-electron chi connectivity index (χ0n) is 13.4. The molecule has 0 aliphatic heterocycles. The van der Waals surface area contributed by atoms with Crippen LogP contribution in [0.5, 0.6) is 0 Å². The second-order valence-corrected chi connectivity index (χ2v) is 11.0. The molecule has 1 atom stereocenters. The first kappa shape index (κ1) is 19.7. The van der Waals surface area contributed by atoms with E-state index >= 15 is 0 Å². The molecule has 0 radical (unpaired) electrons. The minimum absolute atomic E-state index is 0.0338. The van der Waals surface area contributed by atoms with E-state index < -0.39 is 19.9 Å². The fourth-order valence-corrected chi connectivity index (χ4v) is 7.87. The van der Waals surface area contributed by atoms with Crippen molar-refractivity contribution in [3.8, 4) is 0 Å². The standard InChI is InChI=1S/C15H20O6P2S/c1-3-20-23(19,21-4-2)15(22(16,17)18)24-14-10-9-12-7-5-6-8-13(12)11-14/h5-11,15H,3-4H2,1-2H3,(H2,16,17,18). The summed E-state index contributed by atoms with van der Waals surface area (Å²) in [6.07, 6.45) is 0. The van der Waals surface area contributed by atoms with E-state index in [-0.39, 0.29) is 13.2 Å². The molecule has 2 aromatic rings. The lowest BCUT2D eigenvalue weighted by molar-refractivity contribution is 0.220. The van der Waals surface area contributed by atoms with Crippen molar-refractivity contribution in [1.29, 1.82) is 0 Å². The first-order valence-corrected chi connectivity index (χ1v) is 11.6. The van der Waals surface area contributed by atoms with Gasteiger partial charge in [0.05, 0.1) is 13.2 Å². The maximum atomic E-state index is 12.9. The lowest BCUT2D eigenvalue weighted by atomic mass is 10.1. The second kappa shape index (κ2) is 8.15. The molecule has 2 rings (SSSR count). The molecule has 24 heavy (non-hydrogen) atoms. The smallest absolute Gasteiger partial charge is 0.323 e. The number of fused-ring (bicyclic) bond motifs is 1. The van der Waals surface area contributed by atoms with Crippen molar-refractivity contribution >= 4 is 37.7 Å². The quantitative estimate of drug-likeness (QED) is 0.500. The minimum Gasteiger partial charge on any atom is -0.323 e. The lowest BCUT2D eigenvalue weighted by Crippen LogP contribution is -2.10. The highest BCUT2D eigenvalue weighted by molar-refractivity contribution is 8.12. The number of thioether (sulfide) groups is 1. The van der Waals surface area contributed by atoms with Gasteiger partial charge in [0.25, 0.3) is 0 Å². The molecule has 0 fully saturated rings. The molecule has 0 aromatic heterocycles. The fourth-order valence-electron chi connectivity index (χ4n) is 2.20. The van der Waals surface area contributed by atoms with Crippen molar-refractivity contribution < 1.29 is 28.0 Å². The Bertz CT molecular complexity index is 780. The van der Waals surface area contributed by atoms with E-state index in [0.717, 1.165) is 22.5 Å². The molecular formula is C15H20O6P2S. The molecule has 2 N–H and O–H groups in total. The average molecular weight is 390 g/mol. The van der Waals surface area contributed by atoms with Crippen molar-refractivity contribution in [3.63, 3.8) is 0 Å². The van der Waals surface area contributed by atoms with Gasteiger partial charge in [-0.05, 0) is 36.8 Å². The Morgan fingerprint density at radius 3 is 2.12 bits per heavy atom. The summed E-state index contributed by atoms with van der Waals surface area (Å²) in [5, 5.41) is 1.93. The Morgan fingerprint density at radius 2 is 1.58 bits per heavy atom. The summed E-state index contributed by atoms with van der Waals surface area (Å²) in [5.74, 6) is 0. The highest BCUT2D eigenvalue weighted by Gasteiger charge is 2.48. The first-order chi connectivity index (χ1) is 11.3. The molecule has 0 heterocycles. The largest absolute Gasteiger partial charge is 0.356 e. The van der Waals surface area contributed by atoms with Crippen LogP contribution in [0.25, 0.3) is 10.8 Å². The molecule has 9 heteroatoms. The number of benzene rings is 2. The fraction of sp³-hybridized carbons (Fsp3) is 0.333. The van der Waals surface area contributed by atoms with E-state index in [1.165, 1.54) is 0 Å². The monoisotopic (exact) mass is 390 g/mol. The minimum atomic E-state index is -4.73. The Hall–Kier alpha value is -0.650. The van der Waals surface area contributed by atoms with Gasteiger partial charge >= 0.3 is 15.2 Å². The van der Waals surface area contributed by atoms with Crippen molar-refractivity contribution in [3.05, 3.63) is 42.5 Å². The molecule has 0 aliphatic rings.